The summed E-state index contributed by atoms with van der Waals surface area (Å²) in [5, 5.41) is 3.12. The van der Waals surface area contributed by atoms with E-state index in [2.05, 4.69) is 22.3 Å². The Morgan fingerprint density at radius 2 is 2.36 bits per heavy atom. The van der Waals surface area contributed by atoms with Gasteiger partial charge in [-0.1, -0.05) is 6.92 Å². The number of rotatable bonds is 3. The third-order valence-electron chi connectivity index (χ3n) is 2.02. The average molecular weight is 225 g/mol. The lowest BCUT2D eigenvalue weighted by Crippen LogP contribution is -2.08. The number of nitrogens with zero attached hydrogens (tertiary/aromatic N) is 2. The van der Waals surface area contributed by atoms with Crippen LogP contribution in [-0.2, 0) is 0 Å². The van der Waals surface area contributed by atoms with Gasteiger partial charge in [0.25, 0.3) is 0 Å². The second-order valence-electron chi connectivity index (χ2n) is 3.08. The molecule has 2 aromatic heterocycles. The molecule has 0 fully saturated rings. The molecule has 1 atom stereocenters. The van der Waals surface area contributed by atoms with Crippen molar-refractivity contribution < 1.29 is 0 Å². The van der Waals surface area contributed by atoms with E-state index in [4.69, 9.17) is 5.73 Å². The number of nitrogens with two attached hydrogens (primary N) is 1. The number of thiazole rings is 2. The van der Waals surface area contributed by atoms with Crippen LogP contribution < -0.4 is 5.73 Å². The molecular formula is C9H11N3S2. The van der Waals surface area contributed by atoms with Crippen molar-refractivity contribution in [1.29, 1.82) is 0 Å². The van der Waals surface area contributed by atoms with Gasteiger partial charge in [-0.15, -0.1) is 22.7 Å². The van der Waals surface area contributed by atoms with E-state index >= 15 is 0 Å². The van der Waals surface area contributed by atoms with E-state index in [1.54, 1.807) is 22.7 Å². The smallest absolute Gasteiger partial charge is 0.135 e. The summed E-state index contributed by atoms with van der Waals surface area (Å²) in [6, 6.07) is 0. The summed E-state index contributed by atoms with van der Waals surface area (Å²) in [5.41, 5.74) is 8.49. The van der Waals surface area contributed by atoms with E-state index in [1.165, 1.54) is 0 Å². The Balaban J connectivity index is 2.26. The Kier molecular flexibility index (Phi) is 2.90. The molecule has 0 saturated carbocycles. The Hall–Kier alpha value is -0.780. The fourth-order valence-corrected chi connectivity index (χ4v) is 2.70. The van der Waals surface area contributed by atoms with Gasteiger partial charge in [-0.25, -0.2) is 4.98 Å². The third kappa shape index (κ3) is 1.84. The molecule has 3 nitrogen and oxygen atoms in total. The van der Waals surface area contributed by atoms with E-state index in [1.807, 2.05) is 11.7 Å². The first kappa shape index (κ1) is 9.76. The maximum atomic E-state index is 5.59. The summed E-state index contributed by atoms with van der Waals surface area (Å²) >= 11 is 3.27. The monoisotopic (exact) mass is 225 g/mol. The molecule has 0 aliphatic carbocycles. The molecule has 0 aliphatic rings. The Morgan fingerprint density at radius 1 is 1.50 bits per heavy atom. The molecule has 0 aromatic carbocycles. The lowest BCUT2D eigenvalue weighted by atomic mass is 10.1. The van der Waals surface area contributed by atoms with Crippen LogP contribution in [0.25, 0.3) is 9.88 Å². The molecule has 2 N–H and O–H groups in total. The molecule has 0 radical (unpaired) electrons. The summed E-state index contributed by atoms with van der Waals surface area (Å²) in [6.07, 6.45) is 1.85. The Bertz CT molecular complexity index is 394. The molecule has 1 unspecified atom stereocenters. The van der Waals surface area contributed by atoms with Crippen LogP contribution in [0.5, 0.6) is 0 Å². The van der Waals surface area contributed by atoms with Gasteiger partial charge in [0.05, 0.1) is 16.1 Å². The summed E-state index contributed by atoms with van der Waals surface area (Å²) < 4.78 is 0. The summed E-state index contributed by atoms with van der Waals surface area (Å²) in [6.45, 7) is 2.73. The van der Waals surface area contributed by atoms with Crippen LogP contribution >= 0.6 is 22.7 Å². The van der Waals surface area contributed by atoms with Gasteiger partial charge in [-0.3, -0.25) is 4.98 Å². The maximum absolute atomic E-state index is 5.59. The van der Waals surface area contributed by atoms with E-state index in [0.29, 0.717) is 12.5 Å². The minimum Gasteiger partial charge on any atom is -0.330 e. The molecule has 0 aliphatic heterocycles. The zero-order valence-electron chi connectivity index (χ0n) is 7.80. The van der Waals surface area contributed by atoms with Crippen molar-refractivity contribution in [1.82, 2.24) is 9.97 Å². The Labute approximate surface area is 90.6 Å². The van der Waals surface area contributed by atoms with Crippen LogP contribution in [0, 0.1) is 0 Å². The molecule has 0 bridgehead atoms. The molecule has 2 rings (SSSR count). The van der Waals surface area contributed by atoms with E-state index in [0.717, 1.165) is 15.6 Å². The second-order valence-corrected chi connectivity index (χ2v) is 4.82. The SMILES string of the molecule is CC(CN)c1csc(-c2cncs2)n1. The number of hydrogen-bond acceptors (Lipinski definition) is 5. The number of aromatic nitrogens is 2. The fourth-order valence-electron chi connectivity index (χ4n) is 1.07. The topological polar surface area (TPSA) is 51.8 Å². The quantitative estimate of drug-likeness (QED) is 0.872. The third-order valence-corrected chi connectivity index (χ3v) is 3.83. The molecule has 0 amide bonds. The molecule has 0 spiro atoms. The molecule has 2 aromatic rings. The van der Waals surface area contributed by atoms with Crippen LogP contribution in [0.4, 0.5) is 0 Å². The van der Waals surface area contributed by atoms with Crippen molar-refractivity contribution in [3.8, 4) is 9.88 Å². The highest BCUT2D eigenvalue weighted by Crippen LogP contribution is 2.28. The van der Waals surface area contributed by atoms with Crippen LogP contribution in [0.1, 0.15) is 18.5 Å². The fraction of sp³-hybridized carbons (Fsp3) is 0.333. The number of hydrogen-bond donors (Lipinski definition) is 1. The Morgan fingerprint density at radius 3 is 3.00 bits per heavy atom. The minimum absolute atomic E-state index is 0.341. The maximum Gasteiger partial charge on any atom is 0.135 e. The van der Waals surface area contributed by atoms with Crippen LogP contribution in [0.2, 0.25) is 0 Å². The lowest BCUT2D eigenvalue weighted by molar-refractivity contribution is 0.752. The molecule has 2 heterocycles. The first-order valence-corrected chi connectivity index (χ1v) is 6.11. The lowest BCUT2D eigenvalue weighted by Gasteiger charge is -2.01. The van der Waals surface area contributed by atoms with Crippen LogP contribution in [0.15, 0.2) is 17.1 Å². The van der Waals surface area contributed by atoms with Crippen LogP contribution in [-0.4, -0.2) is 16.5 Å². The van der Waals surface area contributed by atoms with E-state index in [-0.39, 0.29) is 0 Å². The van der Waals surface area contributed by atoms with E-state index < -0.39 is 0 Å². The van der Waals surface area contributed by atoms with Crippen molar-refractivity contribution in [2.45, 2.75) is 12.8 Å². The van der Waals surface area contributed by atoms with Crippen molar-refractivity contribution in [2.75, 3.05) is 6.54 Å². The van der Waals surface area contributed by atoms with Crippen molar-refractivity contribution in [2.24, 2.45) is 5.73 Å². The summed E-state index contributed by atoms with van der Waals surface area (Å²) in [5.74, 6) is 0.341. The predicted molar refractivity (Wildman–Crippen MR) is 60.7 cm³/mol. The zero-order valence-corrected chi connectivity index (χ0v) is 9.44. The van der Waals surface area contributed by atoms with Gasteiger partial charge in [-0.05, 0) is 0 Å². The highest BCUT2D eigenvalue weighted by molar-refractivity contribution is 7.19. The van der Waals surface area contributed by atoms with Gasteiger partial charge < -0.3 is 5.73 Å². The van der Waals surface area contributed by atoms with Gasteiger partial charge in [0.2, 0.25) is 0 Å². The van der Waals surface area contributed by atoms with Gasteiger partial charge in [0.15, 0.2) is 0 Å². The van der Waals surface area contributed by atoms with Gasteiger partial charge in [0, 0.05) is 24.0 Å². The van der Waals surface area contributed by atoms with Crippen molar-refractivity contribution in [3.05, 3.63) is 22.8 Å². The first-order chi connectivity index (χ1) is 6.81. The highest BCUT2D eigenvalue weighted by Gasteiger charge is 2.10. The molecule has 74 valence electrons. The van der Waals surface area contributed by atoms with Crippen LogP contribution in [0.3, 0.4) is 0 Å². The standard InChI is InChI=1S/C9H11N3S2/c1-6(2-10)7-4-13-9(12-7)8-3-11-5-14-8/h3-6H,2,10H2,1H3. The van der Waals surface area contributed by atoms with E-state index in [9.17, 15) is 0 Å². The predicted octanol–water partition coefficient (Wildman–Crippen LogP) is 2.33. The summed E-state index contributed by atoms with van der Waals surface area (Å²) in [7, 11) is 0. The highest BCUT2D eigenvalue weighted by atomic mass is 32.1. The van der Waals surface area contributed by atoms with Gasteiger partial charge in [0.1, 0.15) is 5.01 Å². The second kappa shape index (κ2) is 4.16. The molecular weight excluding hydrogens is 214 g/mol. The minimum atomic E-state index is 0.341. The normalized spacial score (nSPS) is 13.0. The van der Waals surface area contributed by atoms with Crippen molar-refractivity contribution >= 4 is 22.7 Å². The molecule has 5 heteroatoms. The van der Waals surface area contributed by atoms with Crippen molar-refractivity contribution in [3.63, 3.8) is 0 Å². The molecule has 0 saturated heterocycles. The first-order valence-electron chi connectivity index (χ1n) is 4.35. The largest absolute Gasteiger partial charge is 0.330 e. The summed E-state index contributed by atoms with van der Waals surface area (Å²) in [4.78, 5) is 9.70. The molecule has 14 heavy (non-hydrogen) atoms. The van der Waals surface area contributed by atoms with Gasteiger partial charge >= 0.3 is 0 Å². The zero-order chi connectivity index (χ0) is 9.97. The average Bonchev–Trinajstić information content (AvgIpc) is 2.86. The van der Waals surface area contributed by atoms with Gasteiger partial charge in [-0.2, -0.15) is 0 Å².